The first-order chi connectivity index (χ1) is 9.63. The van der Waals surface area contributed by atoms with Crippen LogP contribution in [0.5, 0.6) is 0 Å². The van der Waals surface area contributed by atoms with Gasteiger partial charge in [0.1, 0.15) is 12.1 Å². The highest BCUT2D eigenvalue weighted by molar-refractivity contribution is 7.12. The molecule has 1 unspecified atom stereocenters. The van der Waals surface area contributed by atoms with Crippen LogP contribution in [0, 0.1) is 6.92 Å². The van der Waals surface area contributed by atoms with Gasteiger partial charge in [0.25, 0.3) is 0 Å². The van der Waals surface area contributed by atoms with Crippen molar-refractivity contribution in [3.05, 3.63) is 46.4 Å². The summed E-state index contributed by atoms with van der Waals surface area (Å²) in [5.41, 5.74) is 7.36. The van der Waals surface area contributed by atoms with Crippen molar-refractivity contribution in [1.29, 1.82) is 0 Å². The van der Waals surface area contributed by atoms with Crippen molar-refractivity contribution in [2.75, 3.05) is 11.1 Å². The Labute approximate surface area is 121 Å². The standard InChI is InChI=1S/C15H16N4S/c1-9-3-6-14(20-9)10(2)19-15-12-5-4-11(16)7-13(12)17-8-18-15/h3-8,10H,16H2,1-2H3,(H,17,18,19). The lowest BCUT2D eigenvalue weighted by atomic mass is 10.2. The van der Waals surface area contributed by atoms with Gasteiger partial charge in [0.15, 0.2) is 0 Å². The van der Waals surface area contributed by atoms with E-state index < -0.39 is 0 Å². The summed E-state index contributed by atoms with van der Waals surface area (Å²) in [4.78, 5) is 11.2. The van der Waals surface area contributed by atoms with Crippen molar-refractivity contribution < 1.29 is 0 Å². The molecule has 2 aromatic heterocycles. The summed E-state index contributed by atoms with van der Waals surface area (Å²) in [6.07, 6.45) is 1.57. The van der Waals surface area contributed by atoms with Crippen LogP contribution in [0.2, 0.25) is 0 Å². The number of rotatable bonds is 3. The first kappa shape index (κ1) is 12.9. The molecule has 0 spiro atoms. The minimum absolute atomic E-state index is 0.212. The molecule has 0 aliphatic rings. The van der Waals surface area contributed by atoms with Crippen LogP contribution in [0.15, 0.2) is 36.7 Å². The Kier molecular flexibility index (Phi) is 3.28. The lowest BCUT2D eigenvalue weighted by Crippen LogP contribution is -2.07. The van der Waals surface area contributed by atoms with E-state index in [0.717, 1.165) is 16.7 Å². The fourth-order valence-corrected chi connectivity index (χ4v) is 3.03. The number of benzene rings is 1. The molecule has 0 fully saturated rings. The van der Waals surface area contributed by atoms with Gasteiger partial charge in [0, 0.05) is 20.8 Å². The molecule has 1 aromatic carbocycles. The molecule has 3 N–H and O–H groups in total. The molecule has 0 saturated heterocycles. The number of hydrogen-bond donors (Lipinski definition) is 2. The van der Waals surface area contributed by atoms with Crippen LogP contribution < -0.4 is 11.1 Å². The van der Waals surface area contributed by atoms with Crippen molar-refractivity contribution in [1.82, 2.24) is 9.97 Å². The molecule has 1 atom stereocenters. The van der Waals surface area contributed by atoms with E-state index in [1.54, 1.807) is 17.7 Å². The second-order valence-corrected chi connectivity index (χ2v) is 6.13. The first-order valence-corrected chi connectivity index (χ1v) is 7.28. The minimum Gasteiger partial charge on any atom is -0.399 e. The van der Waals surface area contributed by atoms with Gasteiger partial charge >= 0.3 is 0 Å². The summed E-state index contributed by atoms with van der Waals surface area (Å²) >= 11 is 1.80. The van der Waals surface area contributed by atoms with Crippen LogP contribution in [0.3, 0.4) is 0 Å². The van der Waals surface area contributed by atoms with Gasteiger partial charge in [-0.15, -0.1) is 11.3 Å². The summed E-state index contributed by atoms with van der Waals surface area (Å²) in [5, 5.41) is 4.44. The Morgan fingerprint density at radius 2 is 2.05 bits per heavy atom. The predicted molar refractivity (Wildman–Crippen MR) is 85.0 cm³/mol. The topological polar surface area (TPSA) is 63.8 Å². The molecule has 3 aromatic rings. The predicted octanol–water partition coefficient (Wildman–Crippen LogP) is 3.76. The van der Waals surface area contributed by atoms with E-state index in [2.05, 4.69) is 41.3 Å². The molecule has 0 aliphatic heterocycles. The van der Waals surface area contributed by atoms with E-state index in [9.17, 15) is 0 Å². The number of hydrogen-bond acceptors (Lipinski definition) is 5. The summed E-state index contributed by atoms with van der Waals surface area (Å²) in [5.74, 6) is 0.841. The lowest BCUT2D eigenvalue weighted by Gasteiger charge is -2.14. The van der Waals surface area contributed by atoms with Crippen LogP contribution in [-0.4, -0.2) is 9.97 Å². The number of aromatic nitrogens is 2. The number of thiophene rings is 1. The number of anilines is 2. The minimum atomic E-state index is 0.212. The van der Waals surface area contributed by atoms with Crippen LogP contribution in [0.4, 0.5) is 11.5 Å². The molecule has 5 heteroatoms. The number of fused-ring (bicyclic) bond motifs is 1. The van der Waals surface area contributed by atoms with E-state index >= 15 is 0 Å². The SMILES string of the molecule is Cc1ccc(C(C)Nc2ncnc3cc(N)ccc23)s1. The highest BCUT2D eigenvalue weighted by atomic mass is 32.1. The number of nitrogens with zero attached hydrogens (tertiary/aromatic N) is 2. The second-order valence-electron chi connectivity index (χ2n) is 4.81. The van der Waals surface area contributed by atoms with E-state index in [1.807, 2.05) is 18.2 Å². The zero-order chi connectivity index (χ0) is 14.1. The molecule has 102 valence electrons. The van der Waals surface area contributed by atoms with Crippen molar-refractivity contribution in [3.8, 4) is 0 Å². The second kappa shape index (κ2) is 5.09. The third-order valence-corrected chi connectivity index (χ3v) is 4.39. The van der Waals surface area contributed by atoms with Gasteiger partial charge in [-0.25, -0.2) is 9.97 Å². The maximum absolute atomic E-state index is 5.79. The Bertz CT molecular complexity index is 750. The van der Waals surface area contributed by atoms with Gasteiger partial charge in [-0.3, -0.25) is 0 Å². The van der Waals surface area contributed by atoms with Crippen molar-refractivity contribution in [3.63, 3.8) is 0 Å². The van der Waals surface area contributed by atoms with Gasteiger partial charge in [-0.2, -0.15) is 0 Å². The fraction of sp³-hybridized carbons (Fsp3) is 0.200. The molecule has 20 heavy (non-hydrogen) atoms. The third-order valence-electron chi connectivity index (χ3n) is 3.20. The third kappa shape index (κ3) is 2.44. The molecule has 0 saturated carbocycles. The Balaban J connectivity index is 1.94. The van der Waals surface area contributed by atoms with Crippen molar-refractivity contribution in [2.45, 2.75) is 19.9 Å². The molecule has 4 nitrogen and oxygen atoms in total. The zero-order valence-corrected chi connectivity index (χ0v) is 12.2. The Hall–Kier alpha value is -2.14. The monoisotopic (exact) mass is 284 g/mol. The molecule has 2 heterocycles. The van der Waals surface area contributed by atoms with Gasteiger partial charge in [-0.1, -0.05) is 0 Å². The van der Waals surface area contributed by atoms with E-state index in [0.29, 0.717) is 5.69 Å². The average Bonchev–Trinajstić information content (AvgIpc) is 2.85. The zero-order valence-electron chi connectivity index (χ0n) is 11.4. The summed E-state index contributed by atoms with van der Waals surface area (Å²) in [7, 11) is 0. The molecular formula is C15H16N4S. The Morgan fingerprint density at radius 3 is 2.80 bits per heavy atom. The molecule has 0 bridgehead atoms. The summed E-state index contributed by atoms with van der Waals surface area (Å²) in [6, 6.07) is 10.2. The highest BCUT2D eigenvalue weighted by Crippen LogP contribution is 2.28. The van der Waals surface area contributed by atoms with E-state index in [4.69, 9.17) is 5.73 Å². The largest absolute Gasteiger partial charge is 0.399 e. The maximum Gasteiger partial charge on any atom is 0.137 e. The van der Waals surface area contributed by atoms with Crippen molar-refractivity contribution in [2.24, 2.45) is 0 Å². The number of aryl methyl sites for hydroxylation is 1. The quantitative estimate of drug-likeness (QED) is 0.719. The first-order valence-electron chi connectivity index (χ1n) is 6.46. The van der Waals surface area contributed by atoms with Crippen LogP contribution >= 0.6 is 11.3 Å². The van der Waals surface area contributed by atoms with E-state index in [1.165, 1.54) is 9.75 Å². The van der Waals surface area contributed by atoms with Gasteiger partial charge in [0.2, 0.25) is 0 Å². The Morgan fingerprint density at radius 1 is 1.20 bits per heavy atom. The van der Waals surface area contributed by atoms with E-state index in [-0.39, 0.29) is 6.04 Å². The summed E-state index contributed by atoms with van der Waals surface area (Å²) in [6.45, 7) is 4.25. The van der Waals surface area contributed by atoms with Crippen LogP contribution in [0.1, 0.15) is 22.7 Å². The van der Waals surface area contributed by atoms with Crippen LogP contribution in [-0.2, 0) is 0 Å². The molecule has 0 aliphatic carbocycles. The molecule has 0 radical (unpaired) electrons. The normalized spacial score (nSPS) is 12.5. The maximum atomic E-state index is 5.79. The summed E-state index contributed by atoms with van der Waals surface area (Å²) < 4.78 is 0. The number of nitrogen functional groups attached to an aromatic ring is 1. The number of nitrogens with one attached hydrogen (secondary N) is 1. The molecular weight excluding hydrogens is 268 g/mol. The van der Waals surface area contributed by atoms with Gasteiger partial charge < -0.3 is 11.1 Å². The molecule has 0 amide bonds. The molecule has 3 rings (SSSR count). The average molecular weight is 284 g/mol. The van der Waals surface area contributed by atoms with Gasteiger partial charge in [-0.05, 0) is 44.2 Å². The smallest absolute Gasteiger partial charge is 0.137 e. The highest BCUT2D eigenvalue weighted by Gasteiger charge is 2.10. The lowest BCUT2D eigenvalue weighted by molar-refractivity contribution is 0.898. The van der Waals surface area contributed by atoms with Gasteiger partial charge in [0.05, 0.1) is 11.6 Å². The fourth-order valence-electron chi connectivity index (χ4n) is 2.15. The van der Waals surface area contributed by atoms with Crippen LogP contribution in [0.25, 0.3) is 10.9 Å². The number of nitrogens with two attached hydrogens (primary N) is 1. The van der Waals surface area contributed by atoms with Crippen molar-refractivity contribution >= 4 is 33.7 Å².